The lowest BCUT2D eigenvalue weighted by Crippen LogP contribution is -2.41. The van der Waals surface area contributed by atoms with Crippen LogP contribution in [0.3, 0.4) is 0 Å². The fraction of sp³-hybridized carbons (Fsp3) is 0.333. The van der Waals surface area contributed by atoms with Gasteiger partial charge in [0.1, 0.15) is 11.4 Å². The van der Waals surface area contributed by atoms with Crippen molar-refractivity contribution in [1.29, 1.82) is 0 Å². The van der Waals surface area contributed by atoms with Crippen LogP contribution in [0, 0.1) is 5.82 Å². The Balaban J connectivity index is 2.36. The number of anilines is 3. The van der Waals surface area contributed by atoms with Crippen molar-refractivity contribution < 1.29 is 4.39 Å². The van der Waals surface area contributed by atoms with Gasteiger partial charge in [0.2, 0.25) is 5.28 Å². The lowest BCUT2D eigenvalue weighted by molar-refractivity contribution is 0.618. The van der Waals surface area contributed by atoms with E-state index in [1.807, 2.05) is 20.8 Å². The van der Waals surface area contributed by atoms with E-state index in [-0.39, 0.29) is 22.5 Å². The van der Waals surface area contributed by atoms with Crippen LogP contribution < -0.4 is 21.5 Å². The van der Waals surface area contributed by atoms with Gasteiger partial charge < -0.3 is 10.6 Å². The Hall–Kier alpha value is -2.02. The first-order valence-electron chi connectivity index (χ1n) is 5.75. The van der Waals surface area contributed by atoms with Gasteiger partial charge in [-0.1, -0.05) is 0 Å². The smallest absolute Gasteiger partial charge is 0.253 e. The molecule has 0 radical (unpaired) electrons. The normalized spacial score (nSPS) is 11.7. The van der Waals surface area contributed by atoms with Gasteiger partial charge >= 0.3 is 0 Å². The van der Waals surface area contributed by atoms with Crippen LogP contribution in [0.5, 0.6) is 0 Å². The average molecular weight is 299 g/mol. The first kappa shape index (κ1) is 14.4. The molecule has 2 aromatic rings. The number of rotatable bonds is 3. The minimum absolute atomic E-state index is 0.0291. The molecule has 0 aliphatic rings. The minimum Gasteiger partial charge on any atom is -0.375 e. The van der Waals surface area contributed by atoms with Gasteiger partial charge in [-0.25, -0.2) is 9.37 Å². The first-order chi connectivity index (χ1) is 9.19. The van der Waals surface area contributed by atoms with E-state index in [0.29, 0.717) is 0 Å². The van der Waals surface area contributed by atoms with Gasteiger partial charge in [-0.2, -0.15) is 4.98 Å². The van der Waals surface area contributed by atoms with Crippen LogP contribution in [0.4, 0.5) is 21.6 Å². The Bertz CT molecular complexity index is 732. The van der Waals surface area contributed by atoms with Crippen molar-refractivity contribution in [2.75, 3.05) is 10.6 Å². The monoisotopic (exact) mass is 298 g/mol. The molecule has 8 heteroatoms. The molecule has 20 heavy (non-hydrogen) atoms. The van der Waals surface area contributed by atoms with Crippen molar-refractivity contribution in [2.24, 2.45) is 0 Å². The summed E-state index contributed by atoms with van der Waals surface area (Å²) in [6, 6.07) is 0. The van der Waals surface area contributed by atoms with Gasteiger partial charge in [0, 0.05) is 5.54 Å². The Kier molecular flexibility index (Phi) is 3.47. The van der Waals surface area contributed by atoms with E-state index in [0.717, 1.165) is 6.20 Å². The Morgan fingerprint density at radius 2 is 1.80 bits per heavy atom. The SMILES string of the molecule is CC(C)(C)Nc1c(Nc2nc(Cl)ncc2F)c(=O)c1=O. The summed E-state index contributed by atoms with van der Waals surface area (Å²) in [4.78, 5) is 30.2. The molecule has 0 spiro atoms. The number of hydrogen-bond acceptors (Lipinski definition) is 6. The van der Waals surface area contributed by atoms with Crippen molar-refractivity contribution in [3.63, 3.8) is 0 Å². The highest BCUT2D eigenvalue weighted by Crippen LogP contribution is 2.24. The fourth-order valence-electron chi connectivity index (χ4n) is 1.56. The van der Waals surface area contributed by atoms with E-state index >= 15 is 0 Å². The maximum atomic E-state index is 13.5. The summed E-state index contributed by atoms with van der Waals surface area (Å²) in [6.07, 6.45) is 0.875. The largest absolute Gasteiger partial charge is 0.375 e. The summed E-state index contributed by atoms with van der Waals surface area (Å²) in [5.74, 6) is -1.03. The van der Waals surface area contributed by atoms with Crippen molar-refractivity contribution in [2.45, 2.75) is 26.3 Å². The molecule has 2 N–H and O–H groups in total. The molecule has 106 valence electrons. The molecule has 0 bridgehead atoms. The van der Waals surface area contributed by atoms with Gasteiger partial charge in [0.25, 0.3) is 10.9 Å². The third-order valence-corrected chi connectivity index (χ3v) is 2.55. The predicted molar refractivity (Wildman–Crippen MR) is 75.0 cm³/mol. The van der Waals surface area contributed by atoms with Gasteiger partial charge in [-0.3, -0.25) is 9.59 Å². The van der Waals surface area contributed by atoms with E-state index in [9.17, 15) is 14.0 Å². The maximum Gasteiger partial charge on any atom is 0.253 e. The summed E-state index contributed by atoms with van der Waals surface area (Å²) < 4.78 is 13.5. The number of halogens is 2. The summed E-state index contributed by atoms with van der Waals surface area (Å²) >= 11 is 5.56. The second-order valence-corrected chi connectivity index (χ2v) is 5.58. The molecule has 0 saturated heterocycles. The molecule has 0 aliphatic heterocycles. The molecule has 6 nitrogen and oxygen atoms in total. The van der Waals surface area contributed by atoms with Crippen molar-refractivity contribution in [1.82, 2.24) is 9.97 Å². The Morgan fingerprint density at radius 1 is 1.20 bits per heavy atom. The van der Waals surface area contributed by atoms with Gasteiger partial charge in [0.15, 0.2) is 11.6 Å². The fourth-order valence-corrected chi connectivity index (χ4v) is 1.69. The molecule has 0 atom stereocenters. The second-order valence-electron chi connectivity index (χ2n) is 5.24. The van der Waals surface area contributed by atoms with Crippen molar-refractivity contribution in [3.05, 3.63) is 37.7 Å². The molecule has 0 unspecified atom stereocenters. The zero-order valence-corrected chi connectivity index (χ0v) is 11.8. The Morgan fingerprint density at radius 3 is 2.40 bits per heavy atom. The highest BCUT2D eigenvalue weighted by molar-refractivity contribution is 6.28. The van der Waals surface area contributed by atoms with Crippen LogP contribution in [0.1, 0.15) is 20.8 Å². The highest BCUT2D eigenvalue weighted by Gasteiger charge is 2.25. The number of nitrogens with one attached hydrogen (secondary N) is 2. The standard InChI is InChI=1S/C12H12ClFN4O2/c1-12(2,3)18-7-6(8(19)9(7)20)16-10-5(14)4-15-11(13)17-10/h4,18H,1-3H3,(H,15,16,17). The number of aromatic nitrogens is 2. The molecule has 0 aliphatic carbocycles. The predicted octanol–water partition coefficient (Wildman–Crippen LogP) is 1.82. The van der Waals surface area contributed by atoms with Gasteiger partial charge in [-0.15, -0.1) is 0 Å². The molecule has 0 saturated carbocycles. The number of hydrogen-bond donors (Lipinski definition) is 2. The summed E-state index contributed by atoms with van der Waals surface area (Å²) in [5, 5.41) is 5.20. The maximum absolute atomic E-state index is 13.5. The summed E-state index contributed by atoms with van der Waals surface area (Å²) in [7, 11) is 0. The summed E-state index contributed by atoms with van der Waals surface area (Å²) in [5.41, 5.74) is -1.72. The van der Waals surface area contributed by atoms with Crippen molar-refractivity contribution >= 4 is 28.8 Å². The first-order valence-corrected chi connectivity index (χ1v) is 6.13. The molecule has 1 aromatic carbocycles. The summed E-state index contributed by atoms with van der Waals surface area (Å²) in [6.45, 7) is 5.49. The lowest BCUT2D eigenvalue weighted by Gasteiger charge is -2.24. The molecule has 2 rings (SSSR count). The van der Waals surface area contributed by atoms with E-state index in [4.69, 9.17) is 11.6 Å². The average Bonchev–Trinajstić information content (AvgIpc) is 2.36. The van der Waals surface area contributed by atoms with Gasteiger partial charge in [-0.05, 0) is 32.4 Å². The molecule has 0 fully saturated rings. The van der Waals surface area contributed by atoms with Crippen LogP contribution in [-0.2, 0) is 0 Å². The molecular weight excluding hydrogens is 287 g/mol. The Labute approximate surface area is 118 Å². The van der Waals surface area contributed by atoms with E-state index < -0.39 is 22.2 Å². The quantitative estimate of drug-likeness (QED) is 0.664. The van der Waals surface area contributed by atoms with Crippen LogP contribution in [0.15, 0.2) is 15.8 Å². The van der Waals surface area contributed by atoms with Crippen LogP contribution >= 0.6 is 11.6 Å². The highest BCUT2D eigenvalue weighted by atomic mass is 35.5. The van der Waals surface area contributed by atoms with Crippen LogP contribution in [0.2, 0.25) is 5.28 Å². The zero-order chi connectivity index (χ0) is 15.1. The van der Waals surface area contributed by atoms with Crippen LogP contribution in [-0.4, -0.2) is 15.5 Å². The third-order valence-electron chi connectivity index (χ3n) is 2.37. The van der Waals surface area contributed by atoms with E-state index in [1.54, 1.807) is 0 Å². The zero-order valence-electron chi connectivity index (χ0n) is 11.0. The lowest BCUT2D eigenvalue weighted by atomic mass is 10.1. The van der Waals surface area contributed by atoms with Crippen molar-refractivity contribution in [3.8, 4) is 0 Å². The molecule has 1 aromatic heterocycles. The van der Waals surface area contributed by atoms with E-state index in [1.165, 1.54) is 0 Å². The van der Waals surface area contributed by atoms with Gasteiger partial charge in [0.05, 0.1) is 6.20 Å². The third kappa shape index (κ3) is 2.77. The second kappa shape index (κ2) is 4.82. The van der Waals surface area contributed by atoms with Crippen LogP contribution in [0.25, 0.3) is 0 Å². The minimum atomic E-state index is -0.774. The topological polar surface area (TPSA) is 84.0 Å². The molecule has 0 amide bonds. The van der Waals surface area contributed by atoms with E-state index in [2.05, 4.69) is 20.6 Å². The molecular formula is C12H12ClFN4O2. The number of nitrogens with zero attached hydrogens (tertiary/aromatic N) is 2. The molecule has 1 heterocycles.